The average Bonchev–Trinajstić information content (AvgIpc) is 0.752. The lowest BCUT2D eigenvalue weighted by atomic mass is 9.71. The minimum Gasteiger partial charge on any atom is -0.206 e. The average molecular weight is 1710 g/mol. The summed E-state index contributed by atoms with van der Waals surface area (Å²) in [5.41, 5.74) is 35.0. The zero-order chi connectivity index (χ0) is 95.1. The lowest BCUT2D eigenvalue weighted by molar-refractivity contribution is -0.665. The Morgan fingerprint density at radius 2 is 0.586 bits per heavy atom. The molecular weight excluding hydrogens is 1560 g/mol. The third-order valence-electron chi connectivity index (χ3n) is 31.4. The molecule has 4 nitrogen and oxygen atoms in total. The predicted molar refractivity (Wildman–Crippen MR) is 539 cm³/mol. The molecule has 14 aromatic rings. The highest BCUT2D eigenvalue weighted by molar-refractivity contribution is 5.98. The van der Waals surface area contributed by atoms with Gasteiger partial charge in [0.25, 0.3) is 0 Å². The summed E-state index contributed by atoms with van der Waals surface area (Å²) >= 11 is 0. The molecule has 4 fully saturated rings. The van der Waals surface area contributed by atoms with Crippen LogP contribution in [-0.2, 0) is 28.2 Å². The van der Waals surface area contributed by atoms with Gasteiger partial charge in [-0.15, -0.1) is 0 Å². The van der Waals surface area contributed by atoms with E-state index in [0.717, 1.165) is 88.7 Å². The van der Waals surface area contributed by atoms with E-state index in [4.69, 9.17) is 5.48 Å². The summed E-state index contributed by atoms with van der Waals surface area (Å²) in [6, 6.07) is 64.3. The predicted octanol–water partition coefficient (Wildman–Crippen LogP) is 32.0. The van der Waals surface area contributed by atoms with Crippen LogP contribution >= 0.6 is 0 Å². The number of hydrogen-bond acceptors (Lipinski definition) is 0. The molecule has 0 saturated heterocycles. The molecule has 664 valence electrons. The zero-order valence-electron chi connectivity index (χ0n) is 86.3. The molecule has 0 N–H and O–H groups in total. The first kappa shape index (κ1) is 87.0. The van der Waals surface area contributed by atoms with Crippen LogP contribution in [0.5, 0.6) is 0 Å². The fourth-order valence-electron chi connectivity index (χ4n) is 21.9. The summed E-state index contributed by atoms with van der Waals surface area (Å²) in [6.07, 6.45) is 19.9. The molecule has 0 aliphatic heterocycles. The van der Waals surface area contributed by atoms with Crippen LogP contribution in [0.2, 0.25) is 0 Å². The number of aryl methyl sites for hydroxylation is 7. The summed E-state index contributed by atoms with van der Waals surface area (Å²) < 4.78 is 74.1. The number of nitrogens with zero attached hydrogens (tertiary/aromatic N) is 4. The fourth-order valence-corrected chi connectivity index (χ4v) is 21.9. The molecule has 4 saturated carbocycles. The van der Waals surface area contributed by atoms with Gasteiger partial charge in [-0.2, -0.15) is 18.3 Å². The van der Waals surface area contributed by atoms with Crippen LogP contribution in [0.3, 0.4) is 0 Å². The van der Waals surface area contributed by atoms with E-state index in [0.29, 0.717) is 91.8 Å². The Kier molecular flexibility index (Phi) is 25.1. The Hall–Kier alpha value is -10.3. The highest BCUT2D eigenvalue weighted by Crippen LogP contribution is 2.50. The molecule has 0 bridgehead atoms. The van der Waals surface area contributed by atoms with Crippen molar-refractivity contribution in [2.24, 2.45) is 49.9 Å². The van der Waals surface area contributed by atoms with Crippen LogP contribution in [0.4, 0.5) is 8.78 Å². The van der Waals surface area contributed by atoms with Gasteiger partial charge in [-0.25, -0.2) is 8.78 Å². The van der Waals surface area contributed by atoms with Crippen molar-refractivity contribution in [1.29, 1.82) is 0 Å². The Labute approximate surface area is 773 Å². The molecule has 0 radical (unpaired) electrons. The van der Waals surface area contributed by atoms with Crippen molar-refractivity contribution in [3.05, 3.63) is 306 Å². The lowest BCUT2D eigenvalue weighted by Crippen LogP contribution is -2.35. The number of aromatic nitrogens is 4. The van der Waals surface area contributed by atoms with Crippen LogP contribution in [0, 0.1) is 130 Å². The molecule has 6 heteroatoms. The van der Waals surface area contributed by atoms with E-state index in [-0.39, 0.29) is 11.6 Å². The standard InChI is InChI=1S/C34H40N.C32H36N.2C28H35FN/c1-22-9-8-10-23(2)32(22)28-12-13-30(24(3)19-28)33-31-14-11-27(21-29(31)20-25(4)35(33)7)26-15-17-34(5,6)18-16-26;1-22-19-26(24-9-7-6-8-10-24)11-13-29(22)31-30-14-12-27(21-28(30)20-23(2)33(31)5)25-15-17-32(3,4)18-16-25;1-17-14-25(19(3)20(4)26(17)29)27-24-9-8-22(16-23(24)15-18(2)30(27)7)21-10-12-28(5,6)13-11-21;1-17-14-18(2)26(29)25(20(17)4)27-24-9-8-22(16-23(24)15-19(3)30(27)7)21-10-12-28(5,6)13-11-21/h8-14,19-21,26H,15-18H2,1-7H3;6-14,19-21,25H,15-18H2,1-5H3;2*8-9,14-16,21H,10-13H2,1-7H3/q4*+1/i2*20D;2*15D. The van der Waals surface area contributed by atoms with E-state index in [2.05, 4.69) is 282 Å². The number of pyridine rings is 4. The Balaban J connectivity index is 0.000000135. The normalized spacial score (nSPS) is 17.0. The summed E-state index contributed by atoms with van der Waals surface area (Å²) in [5, 5.41) is 8.50. The first-order chi connectivity index (χ1) is 62.3. The number of rotatable bonds is 10. The van der Waals surface area contributed by atoms with Gasteiger partial charge >= 0.3 is 0 Å². The van der Waals surface area contributed by atoms with Gasteiger partial charge in [0, 0.05) is 63.0 Å². The molecule has 0 spiro atoms. The van der Waals surface area contributed by atoms with Crippen LogP contribution in [0.15, 0.2) is 194 Å². The molecule has 10 aromatic carbocycles. The summed E-state index contributed by atoms with van der Waals surface area (Å²) in [5.74, 6) is 2.07. The minimum absolute atomic E-state index is 0.121. The number of hydrogen-bond donors (Lipinski definition) is 0. The summed E-state index contributed by atoms with van der Waals surface area (Å²) in [4.78, 5) is 0. The van der Waals surface area contributed by atoms with Crippen molar-refractivity contribution >= 4 is 43.1 Å². The molecule has 0 atom stereocenters. The van der Waals surface area contributed by atoms with Gasteiger partial charge < -0.3 is 0 Å². The lowest BCUT2D eigenvalue weighted by Gasteiger charge is -2.34. The van der Waals surface area contributed by atoms with E-state index in [1.807, 2.05) is 86.2 Å². The van der Waals surface area contributed by atoms with E-state index in [1.165, 1.54) is 203 Å². The van der Waals surface area contributed by atoms with Crippen molar-refractivity contribution in [2.45, 2.75) is 279 Å². The van der Waals surface area contributed by atoms with E-state index in [9.17, 15) is 4.39 Å². The SMILES string of the molecule is [2H]c1c(C)[n+](C)c(-c2c(C)c(C)cc(C)c2F)c2ccc(C3CCC(C)(C)CC3)cc12.[2H]c1c(C)[n+](C)c(-c2cc(C)c(F)c(C)c2C)c2ccc(C3CCC(C)(C)CC3)cc12.[2H]c1c(C)[n+](C)c(-c2ccc(-c3c(C)cccc3C)cc2C)c2ccc(C3CCC(C)(C)CC3)cc12.[2H]c1c(C)[n+](C)c(-c2ccc(-c3ccccc3)cc2C)c2ccc(C3CCC(C)(C)CC3)cc12. The van der Waals surface area contributed by atoms with E-state index >= 15 is 4.39 Å². The Morgan fingerprint density at radius 1 is 0.266 bits per heavy atom. The molecule has 0 unspecified atom stereocenters. The smallest absolute Gasteiger partial charge is 0.206 e. The van der Waals surface area contributed by atoms with Crippen LogP contribution in [0.1, 0.15) is 288 Å². The quantitative estimate of drug-likeness (QED) is 0.121. The molecule has 4 aromatic heterocycles. The van der Waals surface area contributed by atoms with Gasteiger partial charge in [0.05, 0.1) is 38.2 Å². The zero-order valence-corrected chi connectivity index (χ0v) is 82.3. The minimum atomic E-state index is -0.157. The second-order valence-corrected chi connectivity index (χ2v) is 42.8. The first-order valence-corrected chi connectivity index (χ1v) is 47.9. The highest BCUT2D eigenvalue weighted by atomic mass is 19.1. The number of halogens is 2. The Bertz CT molecular complexity index is 6780. The molecule has 4 aliphatic rings. The van der Waals surface area contributed by atoms with Gasteiger partial charge in [0.15, 0.2) is 22.8 Å². The van der Waals surface area contributed by atoms with Gasteiger partial charge in [-0.3, -0.25) is 0 Å². The second-order valence-electron chi connectivity index (χ2n) is 42.8. The fraction of sp³-hybridized carbons (Fsp3) is 0.410. The number of benzene rings is 10. The number of fused-ring (bicyclic) bond motifs is 4. The van der Waals surface area contributed by atoms with Crippen LogP contribution in [0.25, 0.3) is 110 Å². The third kappa shape index (κ3) is 19.2. The molecule has 128 heavy (non-hydrogen) atoms. The maximum absolute atomic E-state index is 15.5. The van der Waals surface area contributed by atoms with Crippen molar-refractivity contribution in [3.63, 3.8) is 0 Å². The van der Waals surface area contributed by atoms with Crippen LogP contribution in [-0.4, -0.2) is 0 Å². The summed E-state index contributed by atoms with van der Waals surface area (Å²) in [6.45, 7) is 47.6. The van der Waals surface area contributed by atoms with Crippen LogP contribution < -0.4 is 18.3 Å². The van der Waals surface area contributed by atoms with Crippen molar-refractivity contribution in [3.8, 4) is 67.3 Å². The van der Waals surface area contributed by atoms with Crippen molar-refractivity contribution in [1.82, 2.24) is 0 Å². The molecule has 4 heterocycles. The molecule has 0 amide bonds. The second kappa shape index (κ2) is 36.9. The third-order valence-corrected chi connectivity index (χ3v) is 31.4. The van der Waals surface area contributed by atoms with Gasteiger partial charge in [0.2, 0.25) is 22.8 Å². The van der Waals surface area contributed by atoms with Gasteiger partial charge in [-0.1, -0.05) is 183 Å². The van der Waals surface area contributed by atoms with Gasteiger partial charge in [0.1, 0.15) is 39.8 Å². The first-order valence-electron chi connectivity index (χ1n) is 49.9. The molecular formula is C122H146F2N4+4. The topological polar surface area (TPSA) is 15.5 Å². The van der Waals surface area contributed by atoms with E-state index in [1.54, 1.807) is 0 Å². The van der Waals surface area contributed by atoms with Gasteiger partial charge in [-0.05, 0) is 381 Å². The van der Waals surface area contributed by atoms with Crippen molar-refractivity contribution < 1.29 is 32.5 Å². The summed E-state index contributed by atoms with van der Waals surface area (Å²) in [7, 11) is 8.19. The van der Waals surface area contributed by atoms with Crippen molar-refractivity contribution in [2.75, 3.05) is 0 Å². The monoisotopic (exact) mass is 1710 g/mol. The maximum atomic E-state index is 15.5. The maximum Gasteiger partial charge on any atom is 0.223 e. The highest BCUT2D eigenvalue weighted by Gasteiger charge is 2.35. The largest absolute Gasteiger partial charge is 0.223 e. The molecule has 18 rings (SSSR count). The Morgan fingerprint density at radius 3 is 0.945 bits per heavy atom. The molecule has 4 aliphatic carbocycles. The van der Waals surface area contributed by atoms with E-state index < -0.39 is 0 Å².